The van der Waals surface area contributed by atoms with Crippen molar-refractivity contribution in [3.63, 3.8) is 0 Å². The number of nitrogens with zero attached hydrogens (tertiary/aromatic N) is 1. The van der Waals surface area contributed by atoms with Crippen LogP contribution in [0.2, 0.25) is 0 Å². The van der Waals surface area contributed by atoms with E-state index in [1.165, 1.54) is 0 Å². The Hall–Kier alpha value is -2.37. The molecule has 3 rings (SSSR count). The van der Waals surface area contributed by atoms with Gasteiger partial charge in [0.15, 0.2) is 0 Å². The van der Waals surface area contributed by atoms with Gasteiger partial charge >= 0.3 is 0 Å². The van der Waals surface area contributed by atoms with E-state index in [0.29, 0.717) is 11.3 Å². The first-order valence-corrected chi connectivity index (χ1v) is 6.93. The van der Waals surface area contributed by atoms with E-state index in [1.54, 1.807) is 30.5 Å². The number of fused-ring (bicyclic) bond motifs is 1. The number of aliphatic hydroxyl groups excluding tert-OH is 1. The van der Waals surface area contributed by atoms with Gasteiger partial charge < -0.3 is 10.8 Å². The van der Waals surface area contributed by atoms with Crippen molar-refractivity contribution in [1.29, 1.82) is 0 Å². The van der Waals surface area contributed by atoms with Crippen LogP contribution < -0.4 is 5.73 Å². The van der Waals surface area contributed by atoms with Crippen molar-refractivity contribution in [3.05, 3.63) is 66.4 Å². The molecule has 0 bridgehead atoms. The molecule has 0 atom stereocenters. The number of pyridine rings is 1. The van der Waals surface area contributed by atoms with Crippen LogP contribution in [0.15, 0.2) is 65.7 Å². The van der Waals surface area contributed by atoms with Crippen LogP contribution >= 0.6 is 12.6 Å². The zero-order chi connectivity index (χ0) is 16.4. The summed E-state index contributed by atoms with van der Waals surface area (Å²) in [6.45, 7) is 0. The summed E-state index contributed by atoms with van der Waals surface area (Å²) in [4.78, 5) is 15.2. The Morgan fingerprint density at radius 2 is 1.68 bits per heavy atom. The normalized spacial score (nSPS) is 9.05. The molecule has 0 fully saturated rings. The van der Waals surface area contributed by atoms with E-state index in [4.69, 9.17) is 10.8 Å². The van der Waals surface area contributed by atoms with Gasteiger partial charge in [0.05, 0.1) is 5.52 Å². The second-order valence-corrected chi connectivity index (χ2v) is 4.62. The van der Waals surface area contributed by atoms with Crippen LogP contribution in [-0.4, -0.2) is 23.5 Å². The van der Waals surface area contributed by atoms with Gasteiger partial charge in [0, 0.05) is 34.8 Å². The Morgan fingerprint density at radius 1 is 1.05 bits per heavy atom. The molecule has 0 aliphatic carbocycles. The zero-order valence-electron chi connectivity index (χ0n) is 12.2. The predicted molar refractivity (Wildman–Crippen MR) is 93.4 cm³/mol. The third-order valence-corrected chi connectivity index (χ3v) is 3.04. The summed E-state index contributed by atoms with van der Waals surface area (Å²) in [6, 6.07) is 16.7. The van der Waals surface area contributed by atoms with E-state index in [1.807, 2.05) is 30.3 Å². The zero-order valence-corrected chi connectivity index (χ0v) is 13.1. The average molecular weight is 314 g/mol. The van der Waals surface area contributed by atoms with Gasteiger partial charge in [-0.25, -0.2) is 0 Å². The van der Waals surface area contributed by atoms with Gasteiger partial charge in [-0.05, 0) is 36.4 Å². The fraction of sp³-hybridized carbons (Fsp3) is 0.0588. The van der Waals surface area contributed by atoms with Gasteiger partial charge in [0.1, 0.15) is 6.29 Å². The van der Waals surface area contributed by atoms with Crippen molar-refractivity contribution < 1.29 is 9.90 Å². The largest absolute Gasteiger partial charge is 0.400 e. The Kier molecular flexibility index (Phi) is 7.67. The summed E-state index contributed by atoms with van der Waals surface area (Å²) in [7, 11) is 1.00. The number of hydrogen-bond donors (Lipinski definition) is 3. The maximum absolute atomic E-state index is 10.1. The van der Waals surface area contributed by atoms with E-state index in [2.05, 4.69) is 17.6 Å². The van der Waals surface area contributed by atoms with Crippen molar-refractivity contribution in [2.24, 2.45) is 0 Å². The molecule has 3 N–H and O–H groups in total. The minimum absolute atomic E-state index is 0.657. The first-order valence-electron chi connectivity index (χ1n) is 6.49. The standard InChI is InChI=1S/C9H7NS.C7H7NO.CH4O/c11-8-5-1-3-7-4-2-6-10-9(7)8;8-7-3-1-6(5-9)2-4-7;1-2/h1-6,11H;1-5H,8H2;2H,1H3. The predicted octanol–water partition coefficient (Wildman–Crippen LogP) is 3.21. The van der Waals surface area contributed by atoms with Crippen molar-refractivity contribution in [3.8, 4) is 0 Å². The molecule has 0 aliphatic heterocycles. The highest BCUT2D eigenvalue weighted by molar-refractivity contribution is 7.80. The molecule has 3 aromatic rings. The number of rotatable bonds is 1. The van der Waals surface area contributed by atoms with Gasteiger partial charge in [0.2, 0.25) is 0 Å². The summed E-state index contributed by atoms with van der Waals surface area (Å²) in [6.07, 6.45) is 2.57. The number of aldehydes is 1. The van der Waals surface area contributed by atoms with Crippen molar-refractivity contribution in [2.75, 3.05) is 12.8 Å². The number of thiol groups is 1. The number of nitrogens with two attached hydrogens (primary N) is 1. The van der Waals surface area contributed by atoms with Crippen molar-refractivity contribution >= 4 is 35.5 Å². The number of anilines is 1. The monoisotopic (exact) mass is 314 g/mol. The number of carbonyl (C=O) groups is 1. The second kappa shape index (κ2) is 9.55. The molecule has 0 aliphatic rings. The Bertz CT molecular complexity index is 710. The van der Waals surface area contributed by atoms with Crippen LogP contribution in [0.5, 0.6) is 0 Å². The van der Waals surface area contributed by atoms with E-state index in [9.17, 15) is 4.79 Å². The van der Waals surface area contributed by atoms with Gasteiger partial charge in [-0.2, -0.15) is 0 Å². The fourth-order valence-electron chi connectivity index (χ4n) is 1.66. The number of carbonyl (C=O) groups excluding carboxylic acids is 1. The molecule has 4 nitrogen and oxygen atoms in total. The van der Waals surface area contributed by atoms with Crippen LogP contribution in [-0.2, 0) is 0 Å². The van der Waals surface area contributed by atoms with Crippen LogP contribution in [0.3, 0.4) is 0 Å². The Morgan fingerprint density at radius 3 is 2.27 bits per heavy atom. The molecule has 5 heteroatoms. The molecule has 1 aromatic heterocycles. The first-order chi connectivity index (χ1) is 10.7. The molecule has 0 saturated carbocycles. The van der Waals surface area contributed by atoms with E-state index >= 15 is 0 Å². The number of para-hydroxylation sites is 1. The number of benzene rings is 2. The fourth-order valence-corrected chi connectivity index (χ4v) is 1.94. The highest BCUT2D eigenvalue weighted by atomic mass is 32.1. The van der Waals surface area contributed by atoms with Crippen LogP contribution in [0.1, 0.15) is 10.4 Å². The summed E-state index contributed by atoms with van der Waals surface area (Å²) in [5.74, 6) is 0. The molecule has 114 valence electrons. The summed E-state index contributed by atoms with van der Waals surface area (Å²) >= 11 is 4.29. The average Bonchev–Trinajstić information content (AvgIpc) is 2.59. The summed E-state index contributed by atoms with van der Waals surface area (Å²) in [5.41, 5.74) is 7.67. The quantitative estimate of drug-likeness (QED) is 0.366. The van der Waals surface area contributed by atoms with E-state index < -0.39 is 0 Å². The van der Waals surface area contributed by atoms with E-state index in [-0.39, 0.29) is 0 Å². The topological polar surface area (TPSA) is 76.2 Å². The molecular weight excluding hydrogens is 296 g/mol. The highest BCUT2D eigenvalue weighted by Crippen LogP contribution is 2.18. The third-order valence-electron chi connectivity index (χ3n) is 2.68. The molecule has 0 saturated heterocycles. The minimum atomic E-state index is 0.657. The highest BCUT2D eigenvalue weighted by Gasteiger charge is 1.94. The van der Waals surface area contributed by atoms with Crippen LogP contribution in [0, 0.1) is 0 Å². The first kappa shape index (κ1) is 17.7. The maximum Gasteiger partial charge on any atom is 0.150 e. The SMILES string of the molecule is CO.Nc1ccc(C=O)cc1.Sc1cccc2cccnc12. The molecular formula is C17H18N2O2S. The lowest BCUT2D eigenvalue weighted by Crippen LogP contribution is -1.84. The number of nitrogen functional groups attached to an aromatic ring is 1. The minimum Gasteiger partial charge on any atom is -0.400 e. The molecule has 1 heterocycles. The summed E-state index contributed by atoms with van der Waals surface area (Å²) < 4.78 is 0. The molecule has 0 radical (unpaired) electrons. The smallest absolute Gasteiger partial charge is 0.150 e. The molecule has 0 unspecified atom stereocenters. The van der Waals surface area contributed by atoms with Crippen molar-refractivity contribution in [2.45, 2.75) is 4.90 Å². The lowest BCUT2D eigenvalue weighted by molar-refractivity contribution is 0.112. The second-order valence-electron chi connectivity index (χ2n) is 4.14. The lowest BCUT2D eigenvalue weighted by atomic mass is 10.2. The van der Waals surface area contributed by atoms with Crippen molar-refractivity contribution in [1.82, 2.24) is 4.98 Å². The van der Waals surface area contributed by atoms with Gasteiger partial charge in [-0.1, -0.05) is 18.2 Å². The number of hydrogen-bond acceptors (Lipinski definition) is 5. The van der Waals surface area contributed by atoms with Crippen LogP contribution in [0.4, 0.5) is 5.69 Å². The van der Waals surface area contributed by atoms with Gasteiger partial charge in [-0.15, -0.1) is 12.6 Å². The van der Waals surface area contributed by atoms with Gasteiger partial charge in [0.25, 0.3) is 0 Å². The van der Waals surface area contributed by atoms with Gasteiger partial charge in [-0.3, -0.25) is 9.78 Å². The molecule has 0 spiro atoms. The Labute approximate surface area is 135 Å². The Balaban J connectivity index is 0.000000202. The van der Waals surface area contributed by atoms with Crippen LogP contribution in [0.25, 0.3) is 10.9 Å². The molecule has 22 heavy (non-hydrogen) atoms. The number of aliphatic hydroxyl groups is 1. The summed E-state index contributed by atoms with van der Waals surface area (Å²) in [5, 5.41) is 8.14. The maximum atomic E-state index is 10.1. The lowest BCUT2D eigenvalue weighted by Gasteiger charge is -1.97. The molecule has 0 amide bonds. The third kappa shape index (κ3) is 5.20. The molecule has 2 aromatic carbocycles. The number of aromatic nitrogens is 1. The van der Waals surface area contributed by atoms with E-state index in [0.717, 1.165) is 29.2 Å².